The number of fused-ring (bicyclic) bond motifs is 2. The van der Waals surface area contributed by atoms with Crippen LogP contribution in [0.15, 0.2) is 48.5 Å². The minimum absolute atomic E-state index is 0.0295. The second-order valence-electron chi connectivity index (χ2n) is 8.08. The highest BCUT2D eigenvalue weighted by molar-refractivity contribution is 5.73. The molecule has 0 saturated carbocycles. The summed E-state index contributed by atoms with van der Waals surface area (Å²) in [5.74, 6) is 0.357. The van der Waals surface area contributed by atoms with E-state index in [9.17, 15) is 14.9 Å². The zero-order chi connectivity index (χ0) is 21.5. The van der Waals surface area contributed by atoms with Crippen LogP contribution in [0.25, 0.3) is 6.08 Å². The average Bonchev–Trinajstić information content (AvgIpc) is 2.92. The van der Waals surface area contributed by atoms with Gasteiger partial charge >= 0.3 is 5.97 Å². The number of carbonyl (C=O) groups excluding carboxylic acids is 1. The van der Waals surface area contributed by atoms with Crippen LogP contribution >= 0.6 is 0 Å². The van der Waals surface area contributed by atoms with Crippen molar-refractivity contribution in [1.29, 1.82) is 0 Å². The molecule has 2 heterocycles. The van der Waals surface area contributed by atoms with Crippen LogP contribution in [-0.4, -0.2) is 30.3 Å². The summed E-state index contributed by atoms with van der Waals surface area (Å²) >= 11 is 0. The number of para-hydroxylation sites is 1. The van der Waals surface area contributed by atoms with Crippen LogP contribution in [0.2, 0.25) is 0 Å². The Morgan fingerprint density at radius 2 is 2.00 bits per heavy atom. The number of nitro groups is 1. The lowest BCUT2D eigenvalue weighted by atomic mass is 9.76. The molecule has 1 atom stereocenters. The Kier molecular flexibility index (Phi) is 4.76. The van der Waals surface area contributed by atoms with Crippen molar-refractivity contribution in [2.75, 3.05) is 18.6 Å². The van der Waals surface area contributed by atoms with Gasteiger partial charge in [0.15, 0.2) is 0 Å². The van der Waals surface area contributed by atoms with E-state index in [1.165, 1.54) is 19.2 Å². The first-order chi connectivity index (χ1) is 14.3. The van der Waals surface area contributed by atoms with E-state index in [0.717, 1.165) is 11.3 Å². The number of rotatable bonds is 5. The Bertz CT molecular complexity index is 1050. The Labute approximate surface area is 175 Å². The molecule has 30 heavy (non-hydrogen) atoms. The monoisotopic (exact) mass is 408 g/mol. The summed E-state index contributed by atoms with van der Waals surface area (Å²) in [7, 11) is 1.39. The Hall–Kier alpha value is -3.35. The van der Waals surface area contributed by atoms with Crippen molar-refractivity contribution < 1.29 is 19.2 Å². The number of non-ortho nitro benzene ring substituents is 1. The molecule has 4 rings (SSSR count). The molecule has 0 amide bonds. The Morgan fingerprint density at radius 1 is 1.23 bits per heavy atom. The largest absolute Gasteiger partial charge is 0.469 e. The molecule has 0 saturated heterocycles. The molecular formula is C23H24N2O5. The van der Waals surface area contributed by atoms with Crippen LogP contribution in [0.4, 0.5) is 11.4 Å². The summed E-state index contributed by atoms with van der Waals surface area (Å²) in [6.07, 6.45) is 4.81. The summed E-state index contributed by atoms with van der Waals surface area (Å²) < 4.78 is 11.4. The van der Waals surface area contributed by atoms with Crippen molar-refractivity contribution in [2.45, 2.75) is 37.8 Å². The van der Waals surface area contributed by atoms with E-state index in [1.54, 1.807) is 6.07 Å². The second-order valence-corrected chi connectivity index (χ2v) is 8.08. The average molecular weight is 408 g/mol. The fourth-order valence-electron chi connectivity index (χ4n) is 4.47. The molecule has 0 N–H and O–H groups in total. The van der Waals surface area contributed by atoms with E-state index in [0.29, 0.717) is 30.7 Å². The van der Waals surface area contributed by atoms with Gasteiger partial charge in [-0.1, -0.05) is 18.2 Å². The summed E-state index contributed by atoms with van der Waals surface area (Å²) in [6.45, 7) is 4.86. The van der Waals surface area contributed by atoms with Gasteiger partial charge in [-0.3, -0.25) is 14.9 Å². The maximum Gasteiger partial charge on any atom is 0.305 e. The van der Waals surface area contributed by atoms with E-state index in [1.807, 2.05) is 24.3 Å². The number of carbonyl (C=O) groups is 1. The van der Waals surface area contributed by atoms with E-state index < -0.39 is 16.1 Å². The third kappa shape index (κ3) is 2.93. The lowest BCUT2D eigenvalue weighted by Crippen LogP contribution is -2.59. The number of esters is 1. The van der Waals surface area contributed by atoms with Gasteiger partial charge in [-0.15, -0.1) is 0 Å². The maximum absolute atomic E-state index is 11.6. The molecule has 0 fully saturated rings. The van der Waals surface area contributed by atoms with Gasteiger partial charge in [0.25, 0.3) is 5.69 Å². The van der Waals surface area contributed by atoms with Crippen molar-refractivity contribution in [2.24, 2.45) is 0 Å². The fraction of sp³-hybridized carbons (Fsp3) is 0.348. The van der Waals surface area contributed by atoms with Crippen molar-refractivity contribution in [3.63, 3.8) is 0 Å². The number of hydrogen-bond acceptors (Lipinski definition) is 6. The minimum atomic E-state index is -0.810. The van der Waals surface area contributed by atoms with Crippen LogP contribution in [0.3, 0.4) is 0 Å². The quantitative estimate of drug-likeness (QED) is 0.413. The number of benzene rings is 2. The molecule has 0 bridgehead atoms. The first-order valence-electron chi connectivity index (χ1n) is 9.91. The van der Waals surface area contributed by atoms with Gasteiger partial charge in [-0.25, -0.2) is 0 Å². The first kappa shape index (κ1) is 19.9. The molecule has 2 aromatic carbocycles. The summed E-state index contributed by atoms with van der Waals surface area (Å²) in [4.78, 5) is 24.5. The van der Waals surface area contributed by atoms with Crippen molar-refractivity contribution in [1.82, 2.24) is 0 Å². The van der Waals surface area contributed by atoms with Crippen LogP contribution in [0.1, 0.15) is 37.8 Å². The highest BCUT2D eigenvalue weighted by Crippen LogP contribution is 2.55. The smallest absolute Gasteiger partial charge is 0.305 e. The van der Waals surface area contributed by atoms with E-state index in [4.69, 9.17) is 9.47 Å². The maximum atomic E-state index is 11.6. The molecular weight excluding hydrogens is 384 g/mol. The van der Waals surface area contributed by atoms with Crippen molar-refractivity contribution in [3.05, 3.63) is 69.8 Å². The third-order valence-corrected chi connectivity index (χ3v) is 6.11. The van der Waals surface area contributed by atoms with Crippen molar-refractivity contribution in [3.8, 4) is 5.75 Å². The predicted octanol–water partition coefficient (Wildman–Crippen LogP) is 4.45. The van der Waals surface area contributed by atoms with Gasteiger partial charge in [-0.05, 0) is 50.1 Å². The second kappa shape index (κ2) is 7.16. The number of nitrogens with zero attached hydrogens (tertiary/aromatic N) is 2. The first-order valence-corrected chi connectivity index (χ1v) is 9.91. The topological polar surface area (TPSA) is 81.9 Å². The predicted molar refractivity (Wildman–Crippen MR) is 114 cm³/mol. The zero-order valence-corrected chi connectivity index (χ0v) is 17.3. The van der Waals surface area contributed by atoms with Crippen molar-refractivity contribution >= 4 is 23.4 Å². The van der Waals surface area contributed by atoms with Crippen LogP contribution < -0.4 is 9.64 Å². The fourth-order valence-corrected chi connectivity index (χ4v) is 4.47. The van der Waals surface area contributed by atoms with E-state index >= 15 is 0 Å². The molecule has 1 spiro atoms. The van der Waals surface area contributed by atoms with Gasteiger partial charge in [0, 0.05) is 36.3 Å². The molecule has 0 aliphatic carbocycles. The minimum Gasteiger partial charge on any atom is -0.469 e. The normalized spacial score (nSPS) is 20.4. The lowest BCUT2D eigenvalue weighted by molar-refractivity contribution is -0.384. The SMILES string of the molecule is COC(=O)CCCN1c2ccccc2C(C)(C)C12C=Cc1cc([N+](=O)[O-])ccc1O2. The Balaban J connectivity index is 1.75. The van der Waals surface area contributed by atoms with Gasteiger partial charge in [0.2, 0.25) is 5.72 Å². The van der Waals surface area contributed by atoms with Gasteiger partial charge < -0.3 is 14.4 Å². The molecule has 156 valence electrons. The summed E-state index contributed by atoms with van der Waals surface area (Å²) in [5.41, 5.74) is 1.71. The van der Waals surface area contributed by atoms with Crippen LogP contribution in [-0.2, 0) is 14.9 Å². The molecule has 7 nitrogen and oxygen atoms in total. The summed E-state index contributed by atoms with van der Waals surface area (Å²) in [6, 6.07) is 12.8. The number of nitro benzene ring substituents is 1. The number of methoxy groups -OCH3 is 1. The third-order valence-electron chi connectivity index (χ3n) is 6.11. The Morgan fingerprint density at radius 3 is 2.73 bits per heavy atom. The number of hydrogen-bond donors (Lipinski definition) is 0. The molecule has 0 radical (unpaired) electrons. The molecule has 1 unspecified atom stereocenters. The van der Waals surface area contributed by atoms with Gasteiger partial charge in [-0.2, -0.15) is 0 Å². The number of ether oxygens (including phenoxy) is 2. The van der Waals surface area contributed by atoms with Gasteiger partial charge in [0.05, 0.1) is 17.4 Å². The van der Waals surface area contributed by atoms with Crippen LogP contribution in [0.5, 0.6) is 5.75 Å². The summed E-state index contributed by atoms with van der Waals surface area (Å²) in [5, 5.41) is 11.1. The molecule has 0 aromatic heterocycles. The number of anilines is 1. The van der Waals surface area contributed by atoms with E-state index in [2.05, 4.69) is 30.9 Å². The lowest BCUT2D eigenvalue weighted by Gasteiger charge is -2.47. The molecule has 2 aliphatic rings. The standard InChI is InChI=1S/C23H24N2O5/c1-22(2)18-7-4-5-8-19(18)24(14-6-9-21(26)29-3)23(22)13-12-16-15-17(25(27)28)10-11-20(16)30-23/h4-5,7-8,10-13,15H,6,9,14H2,1-3H3. The highest BCUT2D eigenvalue weighted by Gasteiger charge is 2.58. The molecule has 2 aliphatic heterocycles. The highest BCUT2D eigenvalue weighted by atomic mass is 16.6. The van der Waals surface area contributed by atoms with Gasteiger partial charge in [0.1, 0.15) is 5.75 Å². The van der Waals surface area contributed by atoms with E-state index in [-0.39, 0.29) is 11.7 Å². The molecule has 7 heteroatoms. The zero-order valence-electron chi connectivity index (χ0n) is 17.3. The molecule has 2 aromatic rings. The van der Waals surface area contributed by atoms with Crippen LogP contribution in [0, 0.1) is 10.1 Å².